The number of methoxy groups -OCH3 is 1. The first-order valence-corrected chi connectivity index (χ1v) is 11.3. The minimum absolute atomic E-state index is 0.165. The maximum atomic E-state index is 12.9. The maximum Gasteiger partial charge on any atom is 0.345 e. The monoisotopic (exact) mass is 492 g/mol. The molecule has 0 aliphatic rings. The molecule has 3 aromatic carbocycles. The highest BCUT2D eigenvalue weighted by Gasteiger charge is 2.17. The van der Waals surface area contributed by atoms with Gasteiger partial charge in [-0.2, -0.15) is 5.10 Å². The summed E-state index contributed by atoms with van der Waals surface area (Å²) in [5.41, 5.74) is 2.19. The van der Waals surface area contributed by atoms with Gasteiger partial charge in [0.1, 0.15) is 17.6 Å². The summed E-state index contributed by atoms with van der Waals surface area (Å²) in [6, 6.07) is 22.8. The molecule has 0 N–H and O–H groups in total. The molecule has 0 unspecified atom stereocenters. The Morgan fingerprint density at radius 3 is 2.54 bits per heavy atom. The standard InChI is InChI=1S/C29H20N2O6/c1-35-26-15-19(18-32)11-13-25(26)36-27(33)14-12-21-17-31(22-8-3-2-4-9-22)30-28(21)23-16-20-7-5-6-10-24(20)37-29(23)34/h2-18H,1H3. The van der Waals surface area contributed by atoms with Crippen molar-refractivity contribution in [3.8, 4) is 28.4 Å². The molecular weight excluding hydrogens is 472 g/mol. The largest absolute Gasteiger partial charge is 0.493 e. The number of fused-ring (bicyclic) bond motifs is 1. The van der Waals surface area contributed by atoms with Gasteiger partial charge >= 0.3 is 11.6 Å². The van der Waals surface area contributed by atoms with E-state index in [1.165, 1.54) is 37.5 Å². The number of ether oxygens (including phenoxy) is 2. The van der Waals surface area contributed by atoms with E-state index in [9.17, 15) is 14.4 Å². The summed E-state index contributed by atoms with van der Waals surface area (Å²) in [5, 5.41) is 5.37. The molecule has 8 nitrogen and oxygen atoms in total. The van der Waals surface area contributed by atoms with Crippen LogP contribution in [0.25, 0.3) is 34.0 Å². The fraction of sp³-hybridized carbons (Fsp3) is 0.0345. The number of carbonyl (C=O) groups is 2. The second kappa shape index (κ2) is 10.2. The van der Waals surface area contributed by atoms with Crippen LogP contribution in [-0.4, -0.2) is 29.1 Å². The van der Waals surface area contributed by atoms with Crippen molar-refractivity contribution in [1.29, 1.82) is 0 Å². The lowest BCUT2D eigenvalue weighted by molar-refractivity contribution is -0.129. The number of aldehydes is 1. The van der Waals surface area contributed by atoms with E-state index in [2.05, 4.69) is 5.10 Å². The van der Waals surface area contributed by atoms with Crippen LogP contribution in [-0.2, 0) is 4.79 Å². The number of benzene rings is 3. The third kappa shape index (κ3) is 4.94. The van der Waals surface area contributed by atoms with Gasteiger partial charge in [0, 0.05) is 28.8 Å². The topological polar surface area (TPSA) is 101 Å². The lowest BCUT2D eigenvalue weighted by Crippen LogP contribution is -2.06. The van der Waals surface area contributed by atoms with Crippen molar-refractivity contribution in [3.63, 3.8) is 0 Å². The number of nitrogens with zero attached hydrogens (tertiary/aromatic N) is 2. The van der Waals surface area contributed by atoms with Crippen LogP contribution >= 0.6 is 0 Å². The molecule has 0 aliphatic heterocycles. The van der Waals surface area contributed by atoms with Gasteiger partial charge in [0.25, 0.3) is 0 Å². The molecule has 0 atom stereocenters. The lowest BCUT2D eigenvalue weighted by Gasteiger charge is -2.08. The van der Waals surface area contributed by atoms with Gasteiger partial charge in [-0.25, -0.2) is 14.3 Å². The van der Waals surface area contributed by atoms with Crippen molar-refractivity contribution >= 4 is 29.3 Å². The molecule has 0 saturated carbocycles. The third-order valence-corrected chi connectivity index (χ3v) is 5.59. The molecule has 0 spiro atoms. The molecule has 8 heteroatoms. The highest BCUT2D eigenvalue weighted by molar-refractivity contribution is 5.91. The van der Waals surface area contributed by atoms with Crippen LogP contribution in [0.1, 0.15) is 15.9 Å². The second-order valence-corrected chi connectivity index (χ2v) is 7.98. The molecule has 0 bridgehead atoms. The van der Waals surface area contributed by atoms with Gasteiger partial charge in [-0.3, -0.25) is 4.79 Å². The highest BCUT2D eigenvalue weighted by Crippen LogP contribution is 2.29. The van der Waals surface area contributed by atoms with Crippen LogP contribution in [0.15, 0.2) is 100 Å². The highest BCUT2D eigenvalue weighted by atomic mass is 16.6. The smallest absolute Gasteiger partial charge is 0.345 e. The van der Waals surface area contributed by atoms with E-state index in [0.717, 1.165) is 11.1 Å². The van der Waals surface area contributed by atoms with Crippen LogP contribution in [0.3, 0.4) is 0 Å². The molecule has 182 valence electrons. The number of esters is 1. The fourth-order valence-corrected chi connectivity index (χ4v) is 3.80. The summed E-state index contributed by atoms with van der Waals surface area (Å²) >= 11 is 0. The summed E-state index contributed by atoms with van der Waals surface area (Å²) in [7, 11) is 1.41. The van der Waals surface area contributed by atoms with Crippen LogP contribution < -0.4 is 15.1 Å². The van der Waals surface area contributed by atoms with Crippen molar-refractivity contribution in [1.82, 2.24) is 9.78 Å². The number of carbonyl (C=O) groups excluding carboxylic acids is 2. The SMILES string of the molecule is COc1cc(C=O)ccc1OC(=O)C=Cc1cn(-c2ccccc2)nc1-c1cc2ccccc2oc1=O. The summed E-state index contributed by atoms with van der Waals surface area (Å²) in [6.07, 6.45) is 5.13. The number of aromatic nitrogens is 2. The molecule has 0 radical (unpaired) electrons. The fourth-order valence-electron chi connectivity index (χ4n) is 3.80. The summed E-state index contributed by atoms with van der Waals surface area (Å²) < 4.78 is 17.7. The van der Waals surface area contributed by atoms with Gasteiger partial charge in [0.2, 0.25) is 0 Å². The first kappa shape index (κ1) is 23.5. The van der Waals surface area contributed by atoms with E-state index in [0.29, 0.717) is 28.7 Å². The predicted octanol–water partition coefficient (Wildman–Crippen LogP) is 5.09. The van der Waals surface area contributed by atoms with Crippen LogP contribution in [0.2, 0.25) is 0 Å². The maximum absolute atomic E-state index is 12.9. The van der Waals surface area contributed by atoms with E-state index in [1.54, 1.807) is 29.1 Å². The van der Waals surface area contributed by atoms with E-state index < -0.39 is 11.6 Å². The summed E-state index contributed by atoms with van der Waals surface area (Å²) in [5.74, 6) is -0.267. The third-order valence-electron chi connectivity index (χ3n) is 5.59. The summed E-state index contributed by atoms with van der Waals surface area (Å²) in [4.78, 5) is 36.5. The predicted molar refractivity (Wildman–Crippen MR) is 138 cm³/mol. The zero-order valence-electron chi connectivity index (χ0n) is 19.7. The lowest BCUT2D eigenvalue weighted by atomic mass is 10.1. The minimum atomic E-state index is -0.680. The van der Waals surface area contributed by atoms with Crippen molar-refractivity contribution in [3.05, 3.63) is 113 Å². The van der Waals surface area contributed by atoms with Gasteiger partial charge < -0.3 is 13.9 Å². The van der Waals surface area contributed by atoms with Crippen molar-refractivity contribution in [2.45, 2.75) is 0 Å². The Kier molecular flexibility index (Phi) is 6.46. The number of para-hydroxylation sites is 2. The van der Waals surface area contributed by atoms with E-state index in [4.69, 9.17) is 13.9 Å². The van der Waals surface area contributed by atoms with Gasteiger partial charge in [-0.1, -0.05) is 36.4 Å². The molecule has 5 rings (SSSR count). The molecule has 5 aromatic rings. The average Bonchev–Trinajstić information content (AvgIpc) is 3.36. The van der Waals surface area contributed by atoms with Gasteiger partial charge in [-0.15, -0.1) is 0 Å². The molecule has 0 aliphatic carbocycles. The molecule has 0 saturated heterocycles. The van der Waals surface area contributed by atoms with Gasteiger partial charge in [-0.05, 0) is 48.5 Å². The van der Waals surface area contributed by atoms with Crippen molar-refractivity contribution in [2.24, 2.45) is 0 Å². The Labute approximate surface area is 211 Å². The van der Waals surface area contributed by atoms with Crippen LogP contribution in [0.4, 0.5) is 0 Å². The Hall–Kier alpha value is -5.24. The Morgan fingerprint density at radius 2 is 1.76 bits per heavy atom. The molecule has 2 aromatic heterocycles. The molecule has 37 heavy (non-hydrogen) atoms. The van der Waals surface area contributed by atoms with Crippen molar-refractivity contribution < 1.29 is 23.5 Å². The summed E-state index contributed by atoms with van der Waals surface area (Å²) in [6.45, 7) is 0. The van der Waals surface area contributed by atoms with Crippen LogP contribution in [0, 0.1) is 0 Å². The average molecular weight is 492 g/mol. The molecule has 2 heterocycles. The number of hydrogen-bond donors (Lipinski definition) is 0. The van der Waals surface area contributed by atoms with E-state index >= 15 is 0 Å². The quantitative estimate of drug-likeness (QED) is 0.103. The second-order valence-electron chi connectivity index (χ2n) is 7.98. The first-order chi connectivity index (χ1) is 18.1. The molecule has 0 amide bonds. The van der Waals surface area contributed by atoms with Crippen LogP contribution in [0.5, 0.6) is 11.5 Å². The normalized spacial score (nSPS) is 11.1. The molecule has 0 fully saturated rings. The zero-order valence-corrected chi connectivity index (χ0v) is 19.7. The number of rotatable bonds is 7. The Bertz CT molecular complexity index is 1700. The first-order valence-electron chi connectivity index (χ1n) is 11.3. The van der Waals surface area contributed by atoms with Gasteiger partial charge in [0.05, 0.1) is 18.4 Å². The Balaban J connectivity index is 1.53. The van der Waals surface area contributed by atoms with Crippen molar-refractivity contribution in [2.75, 3.05) is 7.11 Å². The van der Waals surface area contributed by atoms with Gasteiger partial charge in [0.15, 0.2) is 11.5 Å². The minimum Gasteiger partial charge on any atom is -0.493 e. The van der Waals surface area contributed by atoms with E-state index in [1.807, 2.05) is 42.5 Å². The Morgan fingerprint density at radius 1 is 0.973 bits per heavy atom. The number of hydrogen-bond acceptors (Lipinski definition) is 7. The zero-order chi connectivity index (χ0) is 25.8. The molecular formula is C29H20N2O6. The van der Waals surface area contributed by atoms with E-state index in [-0.39, 0.29) is 17.1 Å².